The van der Waals surface area contributed by atoms with Crippen LogP contribution in [0.25, 0.3) is 0 Å². The molecule has 0 aromatic carbocycles. The zero-order chi connectivity index (χ0) is 14.8. The molecule has 1 heterocycles. The lowest BCUT2D eigenvalue weighted by atomic mass is 10.1. The molecule has 1 fully saturated rings. The minimum atomic E-state index is -0.669. The summed E-state index contributed by atoms with van der Waals surface area (Å²) in [5, 5.41) is 16.3. The van der Waals surface area contributed by atoms with E-state index in [0.717, 1.165) is 45.7 Å². The largest absolute Gasteiger partial charge is 0.381 e. The van der Waals surface area contributed by atoms with Gasteiger partial charge in [0.1, 0.15) is 0 Å². The Bertz CT molecular complexity index is 322. The first-order chi connectivity index (χ1) is 9.65. The van der Waals surface area contributed by atoms with Gasteiger partial charge < -0.3 is 15.0 Å². The van der Waals surface area contributed by atoms with Crippen LogP contribution < -0.4 is 5.32 Å². The van der Waals surface area contributed by atoms with Crippen LogP contribution in [0.4, 0.5) is 0 Å². The predicted molar refractivity (Wildman–Crippen MR) is 81.6 cm³/mol. The smallest absolute Gasteiger partial charge is 0.234 e. The van der Waals surface area contributed by atoms with Gasteiger partial charge in [0.05, 0.1) is 11.7 Å². The number of nitro groups is 1. The summed E-state index contributed by atoms with van der Waals surface area (Å²) in [6.07, 6.45) is 3.87. The van der Waals surface area contributed by atoms with Crippen molar-refractivity contribution < 1.29 is 9.77 Å². The molecule has 1 unspecified atom stereocenters. The average molecular weight is 304 g/mol. The highest BCUT2D eigenvalue weighted by Crippen LogP contribution is 2.13. The monoisotopic (exact) mass is 304 g/mol. The fourth-order valence-corrected chi connectivity index (χ4v) is 2.59. The van der Waals surface area contributed by atoms with E-state index in [2.05, 4.69) is 22.2 Å². The molecule has 0 aliphatic carbocycles. The Balaban J connectivity index is 2.18. The molecule has 1 rings (SSSR count). The van der Waals surface area contributed by atoms with Crippen molar-refractivity contribution in [1.29, 1.82) is 0 Å². The number of hydrogen-bond acceptors (Lipinski definition) is 5. The summed E-state index contributed by atoms with van der Waals surface area (Å²) in [5.74, 6) is 0.653. The molecule has 1 atom stereocenters. The number of nitrogens with one attached hydrogen (secondary N) is 1. The highest BCUT2D eigenvalue weighted by molar-refractivity contribution is 8.13. The van der Waals surface area contributed by atoms with Crippen molar-refractivity contribution >= 4 is 16.9 Å². The summed E-state index contributed by atoms with van der Waals surface area (Å²) in [4.78, 5) is 12.7. The summed E-state index contributed by atoms with van der Waals surface area (Å²) in [5.41, 5.74) is 0. The van der Waals surface area contributed by atoms with Crippen molar-refractivity contribution in [1.82, 2.24) is 10.2 Å². The molecule has 0 aromatic heterocycles. The SMILES string of the molecule is CCN(CCCNC(=N[N+](=O)[O-])SC)CC1CCOC1. The first-order valence-corrected chi connectivity index (χ1v) is 8.19. The summed E-state index contributed by atoms with van der Waals surface area (Å²) < 4.78 is 5.39. The molecular weight excluding hydrogens is 280 g/mol. The number of ether oxygens (including phenoxy) is 1. The average Bonchev–Trinajstić information content (AvgIpc) is 2.93. The zero-order valence-corrected chi connectivity index (χ0v) is 13.0. The third kappa shape index (κ3) is 7.06. The van der Waals surface area contributed by atoms with Gasteiger partial charge in [0.2, 0.25) is 5.17 Å². The van der Waals surface area contributed by atoms with Crippen LogP contribution in [0.15, 0.2) is 5.10 Å². The molecular formula is C12H24N4O3S. The molecule has 1 aliphatic heterocycles. The summed E-state index contributed by atoms with van der Waals surface area (Å²) in [7, 11) is 0. The van der Waals surface area contributed by atoms with Crippen LogP contribution in [-0.2, 0) is 4.74 Å². The van der Waals surface area contributed by atoms with Crippen molar-refractivity contribution in [3.8, 4) is 0 Å². The quantitative estimate of drug-likeness (QED) is 0.239. The van der Waals surface area contributed by atoms with E-state index in [1.807, 2.05) is 0 Å². The summed E-state index contributed by atoms with van der Waals surface area (Å²) in [6, 6.07) is 0. The van der Waals surface area contributed by atoms with Gasteiger partial charge in [-0.15, -0.1) is 0 Å². The lowest BCUT2D eigenvalue weighted by Crippen LogP contribution is -2.33. The Kier molecular flexibility index (Phi) is 8.56. The standard InChI is InChI=1S/C12H24N4O3S/c1-3-15(9-11-5-8-19-10-11)7-4-6-13-12(20-2)14-16(17)18/h11H,3-10H2,1-2H3,(H,13,14). The summed E-state index contributed by atoms with van der Waals surface area (Å²) >= 11 is 1.26. The first-order valence-electron chi connectivity index (χ1n) is 6.96. The Morgan fingerprint density at radius 1 is 1.65 bits per heavy atom. The fraction of sp³-hybridized carbons (Fsp3) is 0.917. The Morgan fingerprint density at radius 2 is 2.45 bits per heavy atom. The van der Waals surface area contributed by atoms with Gasteiger partial charge in [-0.25, -0.2) is 10.1 Å². The Labute approximate surface area is 124 Å². The minimum Gasteiger partial charge on any atom is -0.381 e. The molecule has 0 radical (unpaired) electrons. The van der Waals surface area contributed by atoms with E-state index in [-0.39, 0.29) is 0 Å². The lowest BCUT2D eigenvalue weighted by molar-refractivity contribution is -0.484. The topological polar surface area (TPSA) is 80.0 Å². The molecule has 0 saturated carbocycles. The highest BCUT2D eigenvalue weighted by Gasteiger charge is 2.18. The molecule has 20 heavy (non-hydrogen) atoms. The van der Waals surface area contributed by atoms with Gasteiger partial charge in [-0.2, -0.15) is 0 Å². The Hall–Kier alpha value is -0.860. The van der Waals surface area contributed by atoms with E-state index in [9.17, 15) is 10.1 Å². The van der Waals surface area contributed by atoms with Crippen LogP contribution in [0.3, 0.4) is 0 Å². The van der Waals surface area contributed by atoms with E-state index in [0.29, 0.717) is 17.6 Å². The van der Waals surface area contributed by atoms with Crippen LogP contribution in [0.2, 0.25) is 0 Å². The zero-order valence-electron chi connectivity index (χ0n) is 12.2. The fourth-order valence-electron chi connectivity index (χ4n) is 2.19. The third-order valence-electron chi connectivity index (χ3n) is 3.28. The first kappa shape index (κ1) is 17.2. The van der Waals surface area contributed by atoms with Crippen LogP contribution in [0.5, 0.6) is 0 Å². The van der Waals surface area contributed by atoms with Gasteiger partial charge in [-0.3, -0.25) is 0 Å². The van der Waals surface area contributed by atoms with Crippen molar-refractivity contribution in [3.05, 3.63) is 10.1 Å². The molecule has 1 aliphatic rings. The second-order valence-corrected chi connectivity index (χ2v) is 5.55. The maximum absolute atomic E-state index is 10.3. The van der Waals surface area contributed by atoms with Crippen molar-refractivity contribution in [3.63, 3.8) is 0 Å². The minimum absolute atomic E-state index is 0.363. The second-order valence-electron chi connectivity index (χ2n) is 4.75. The Morgan fingerprint density at radius 3 is 3.00 bits per heavy atom. The molecule has 7 nitrogen and oxygen atoms in total. The van der Waals surface area contributed by atoms with E-state index < -0.39 is 5.03 Å². The molecule has 1 N–H and O–H groups in total. The van der Waals surface area contributed by atoms with Gasteiger partial charge in [-0.05, 0) is 38.1 Å². The molecule has 1 saturated heterocycles. The molecule has 8 heteroatoms. The number of nitrogens with zero attached hydrogens (tertiary/aromatic N) is 3. The van der Waals surface area contributed by atoms with E-state index >= 15 is 0 Å². The number of thioether (sulfide) groups is 1. The van der Waals surface area contributed by atoms with Crippen molar-refractivity contribution in [2.24, 2.45) is 11.0 Å². The maximum Gasteiger partial charge on any atom is 0.234 e. The van der Waals surface area contributed by atoms with Gasteiger partial charge in [-0.1, -0.05) is 18.7 Å². The number of hydrogen-bond donors (Lipinski definition) is 1. The predicted octanol–water partition coefficient (Wildman–Crippen LogP) is 1.24. The maximum atomic E-state index is 10.3. The number of rotatable bonds is 8. The highest BCUT2D eigenvalue weighted by atomic mass is 32.2. The van der Waals surface area contributed by atoms with Crippen LogP contribution in [-0.4, -0.2) is 60.7 Å². The molecule has 0 amide bonds. The second kappa shape index (κ2) is 9.95. The van der Waals surface area contributed by atoms with E-state index in [1.165, 1.54) is 11.8 Å². The number of hydrazone groups is 1. The van der Waals surface area contributed by atoms with Crippen molar-refractivity contribution in [2.75, 3.05) is 45.6 Å². The van der Waals surface area contributed by atoms with Gasteiger partial charge >= 0.3 is 0 Å². The lowest BCUT2D eigenvalue weighted by Gasteiger charge is -2.23. The molecule has 116 valence electrons. The number of amidine groups is 1. The molecule has 0 bridgehead atoms. The van der Waals surface area contributed by atoms with Crippen LogP contribution >= 0.6 is 11.8 Å². The third-order valence-corrected chi connectivity index (χ3v) is 3.89. The van der Waals surface area contributed by atoms with Crippen LogP contribution in [0, 0.1) is 16.0 Å². The molecule has 0 aromatic rings. The van der Waals surface area contributed by atoms with Gasteiger partial charge in [0.25, 0.3) is 0 Å². The molecule has 0 spiro atoms. The van der Waals surface area contributed by atoms with Crippen molar-refractivity contribution in [2.45, 2.75) is 19.8 Å². The van der Waals surface area contributed by atoms with E-state index in [1.54, 1.807) is 6.26 Å². The van der Waals surface area contributed by atoms with Gasteiger partial charge in [0, 0.05) is 19.7 Å². The normalized spacial score (nSPS) is 19.6. The van der Waals surface area contributed by atoms with E-state index in [4.69, 9.17) is 4.74 Å². The van der Waals surface area contributed by atoms with Gasteiger partial charge in [0.15, 0.2) is 5.03 Å². The summed E-state index contributed by atoms with van der Waals surface area (Å²) in [6.45, 7) is 7.71. The van der Waals surface area contributed by atoms with Crippen LogP contribution in [0.1, 0.15) is 19.8 Å².